The third-order valence-electron chi connectivity index (χ3n) is 2.98. The summed E-state index contributed by atoms with van der Waals surface area (Å²) in [5.74, 6) is -0.687. The van der Waals surface area contributed by atoms with Gasteiger partial charge in [-0.25, -0.2) is 4.79 Å². The van der Waals surface area contributed by atoms with Gasteiger partial charge in [0.05, 0.1) is 12.7 Å². The Hall–Kier alpha value is -1.36. The molecule has 0 spiro atoms. The van der Waals surface area contributed by atoms with Crippen molar-refractivity contribution in [1.29, 1.82) is 0 Å². The van der Waals surface area contributed by atoms with E-state index in [2.05, 4.69) is 6.58 Å². The quantitative estimate of drug-likeness (QED) is 0.604. The van der Waals surface area contributed by atoms with Gasteiger partial charge in [0.15, 0.2) is 0 Å². The molecule has 3 unspecified atom stereocenters. The van der Waals surface area contributed by atoms with E-state index in [1.54, 1.807) is 6.92 Å². The molecule has 1 saturated carbocycles. The van der Waals surface area contributed by atoms with Crippen molar-refractivity contribution in [3.05, 3.63) is 12.2 Å². The van der Waals surface area contributed by atoms with Crippen LogP contribution >= 0.6 is 0 Å². The second-order valence-corrected chi connectivity index (χ2v) is 4.77. The van der Waals surface area contributed by atoms with Crippen LogP contribution in [0.1, 0.15) is 33.1 Å². The Balaban J connectivity index is 2.34. The van der Waals surface area contributed by atoms with E-state index in [9.17, 15) is 14.7 Å². The first-order chi connectivity index (χ1) is 8.40. The highest BCUT2D eigenvalue weighted by molar-refractivity contribution is 5.86. The smallest absolute Gasteiger partial charge is 0.333 e. The summed E-state index contributed by atoms with van der Waals surface area (Å²) in [4.78, 5) is 22.0. The van der Waals surface area contributed by atoms with Gasteiger partial charge in [-0.1, -0.05) is 6.58 Å². The molecule has 0 saturated heterocycles. The number of ether oxygens (including phenoxy) is 2. The summed E-state index contributed by atoms with van der Waals surface area (Å²) in [7, 11) is 0. The molecule has 1 N–H and O–H groups in total. The van der Waals surface area contributed by atoms with Gasteiger partial charge in [0.1, 0.15) is 6.10 Å². The molecule has 1 aliphatic carbocycles. The van der Waals surface area contributed by atoms with Crippen molar-refractivity contribution < 1.29 is 24.2 Å². The lowest BCUT2D eigenvalue weighted by molar-refractivity contribution is -0.157. The van der Waals surface area contributed by atoms with Gasteiger partial charge in [0.2, 0.25) is 0 Å². The second-order valence-electron chi connectivity index (χ2n) is 4.77. The zero-order chi connectivity index (χ0) is 13.7. The zero-order valence-electron chi connectivity index (χ0n) is 10.8. The molecule has 0 heterocycles. The van der Waals surface area contributed by atoms with E-state index in [0.717, 1.165) is 6.42 Å². The summed E-state index contributed by atoms with van der Waals surface area (Å²) in [6.07, 6.45) is 0.711. The monoisotopic (exact) mass is 256 g/mol. The molecule has 0 radical (unpaired) electrons. The molecule has 0 aromatic carbocycles. The number of hydrogen-bond donors (Lipinski definition) is 1. The van der Waals surface area contributed by atoms with Crippen molar-refractivity contribution in [2.24, 2.45) is 5.92 Å². The molecule has 102 valence electrons. The van der Waals surface area contributed by atoms with Gasteiger partial charge in [-0.2, -0.15) is 0 Å². The van der Waals surface area contributed by atoms with Crippen LogP contribution in [0.15, 0.2) is 12.2 Å². The normalized spacial score (nSPS) is 27.4. The topological polar surface area (TPSA) is 72.8 Å². The summed E-state index contributed by atoms with van der Waals surface area (Å²) in [6, 6.07) is 0. The van der Waals surface area contributed by atoms with Crippen LogP contribution in [0.3, 0.4) is 0 Å². The lowest BCUT2D eigenvalue weighted by Gasteiger charge is -2.32. The molecule has 0 aromatic rings. The third kappa shape index (κ3) is 4.49. The Labute approximate surface area is 107 Å². The Morgan fingerprint density at radius 1 is 1.33 bits per heavy atom. The highest BCUT2D eigenvalue weighted by atomic mass is 16.6. The SMILES string of the molecule is C=C(C)C(=O)OCC1CCC(OC(C)=O)C(O)C1. The molecule has 0 bridgehead atoms. The minimum atomic E-state index is -0.684. The van der Waals surface area contributed by atoms with E-state index < -0.39 is 18.2 Å². The number of carbonyl (C=O) groups excluding carboxylic acids is 2. The zero-order valence-corrected chi connectivity index (χ0v) is 10.8. The average Bonchev–Trinajstić information content (AvgIpc) is 2.28. The van der Waals surface area contributed by atoms with Crippen LogP contribution in [0.5, 0.6) is 0 Å². The fraction of sp³-hybridized carbons (Fsp3) is 0.692. The minimum absolute atomic E-state index is 0.107. The Bertz CT molecular complexity index is 336. The molecule has 3 atom stereocenters. The highest BCUT2D eigenvalue weighted by Gasteiger charge is 2.31. The number of hydrogen-bond acceptors (Lipinski definition) is 5. The lowest BCUT2D eigenvalue weighted by Crippen LogP contribution is -2.38. The predicted octanol–water partition coefficient (Wildman–Crippen LogP) is 1.20. The number of rotatable bonds is 4. The third-order valence-corrected chi connectivity index (χ3v) is 2.98. The first-order valence-corrected chi connectivity index (χ1v) is 6.08. The van der Waals surface area contributed by atoms with Gasteiger partial charge >= 0.3 is 11.9 Å². The van der Waals surface area contributed by atoms with Crippen LogP contribution in [-0.4, -0.2) is 35.9 Å². The molecule has 5 heteroatoms. The summed E-state index contributed by atoms with van der Waals surface area (Å²) < 4.78 is 10.1. The number of aliphatic hydroxyl groups is 1. The highest BCUT2D eigenvalue weighted by Crippen LogP contribution is 2.27. The first kappa shape index (κ1) is 14.7. The molecule has 1 fully saturated rings. The maximum Gasteiger partial charge on any atom is 0.333 e. The van der Waals surface area contributed by atoms with Crippen molar-refractivity contribution in [3.8, 4) is 0 Å². The minimum Gasteiger partial charge on any atom is -0.462 e. The fourth-order valence-corrected chi connectivity index (χ4v) is 2.02. The van der Waals surface area contributed by atoms with E-state index in [0.29, 0.717) is 18.4 Å². The fourth-order valence-electron chi connectivity index (χ4n) is 2.02. The molecular weight excluding hydrogens is 236 g/mol. The van der Waals surface area contributed by atoms with Crippen molar-refractivity contribution >= 4 is 11.9 Å². The molecule has 1 rings (SSSR count). The molecule has 18 heavy (non-hydrogen) atoms. The Morgan fingerprint density at radius 2 is 2.00 bits per heavy atom. The summed E-state index contributed by atoms with van der Waals surface area (Å²) in [6.45, 7) is 6.69. The summed E-state index contributed by atoms with van der Waals surface area (Å²) in [5.41, 5.74) is 0.365. The van der Waals surface area contributed by atoms with Crippen LogP contribution < -0.4 is 0 Å². The second kappa shape index (κ2) is 6.54. The largest absolute Gasteiger partial charge is 0.462 e. The van der Waals surface area contributed by atoms with E-state index in [1.807, 2.05) is 0 Å². The Morgan fingerprint density at radius 3 is 2.50 bits per heavy atom. The predicted molar refractivity (Wildman–Crippen MR) is 64.7 cm³/mol. The first-order valence-electron chi connectivity index (χ1n) is 6.08. The van der Waals surface area contributed by atoms with Gasteiger partial charge < -0.3 is 14.6 Å². The average molecular weight is 256 g/mol. The lowest BCUT2D eigenvalue weighted by atomic mass is 9.86. The maximum atomic E-state index is 11.2. The Kier molecular flexibility index (Phi) is 5.34. The van der Waals surface area contributed by atoms with Crippen LogP contribution in [0.2, 0.25) is 0 Å². The van der Waals surface area contributed by atoms with Crippen molar-refractivity contribution in [2.45, 2.75) is 45.3 Å². The van der Waals surface area contributed by atoms with E-state index in [1.165, 1.54) is 6.92 Å². The van der Waals surface area contributed by atoms with Gasteiger partial charge in [-0.15, -0.1) is 0 Å². The molecule has 0 amide bonds. The van der Waals surface area contributed by atoms with E-state index in [-0.39, 0.29) is 18.5 Å². The summed E-state index contributed by atoms with van der Waals surface area (Å²) >= 11 is 0. The van der Waals surface area contributed by atoms with Crippen LogP contribution in [0.4, 0.5) is 0 Å². The van der Waals surface area contributed by atoms with Gasteiger partial charge in [-0.3, -0.25) is 4.79 Å². The molecule has 1 aliphatic rings. The number of carbonyl (C=O) groups is 2. The van der Waals surface area contributed by atoms with Crippen molar-refractivity contribution in [3.63, 3.8) is 0 Å². The van der Waals surface area contributed by atoms with Gasteiger partial charge in [-0.05, 0) is 32.1 Å². The van der Waals surface area contributed by atoms with Crippen LogP contribution in [-0.2, 0) is 19.1 Å². The number of esters is 2. The number of aliphatic hydroxyl groups excluding tert-OH is 1. The van der Waals surface area contributed by atoms with E-state index in [4.69, 9.17) is 9.47 Å². The standard InChI is InChI=1S/C13H20O5/c1-8(2)13(16)17-7-10-4-5-12(11(15)6-10)18-9(3)14/h10-12,15H,1,4-7H2,2-3H3. The van der Waals surface area contributed by atoms with Crippen molar-refractivity contribution in [2.75, 3.05) is 6.61 Å². The molecular formula is C13H20O5. The molecule has 0 aromatic heterocycles. The van der Waals surface area contributed by atoms with Gasteiger partial charge in [0, 0.05) is 12.5 Å². The maximum absolute atomic E-state index is 11.2. The molecule has 5 nitrogen and oxygen atoms in total. The van der Waals surface area contributed by atoms with Gasteiger partial charge in [0.25, 0.3) is 0 Å². The van der Waals surface area contributed by atoms with Crippen LogP contribution in [0, 0.1) is 5.92 Å². The molecule has 0 aliphatic heterocycles. The van der Waals surface area contributed by atoms with E-state index >= 15 is 0 Å². The van der Waals surface area contributed by atoms with Crippen molar-refractivity contribution in [1.82, 2.24) is 0 Å². The summed E-state index contributed by atoms with van der Waals surface area (Å²) in [5, 5.41) is 9.83. The van der Waals surface area contributed by atoms with Crippen LogP contribution in [0.25, 0.3) is 0 Å².